The normalized spacial score (nSPS) is 10.2. The van der Waals surface area contributed by atoms with Gasteiger partial charge in [-0.2, -0.15) is 0 Å². The molecule has 2 aromatic carbocycles. The fourth-order valence-electron chi connectivity index (χ4n) is 2.62. The lowest BCUT2D eigenvalue weighted by molar-refractivity contribution is -0.386. The summed E-state index contributed by atoms with van der Waals surface area (Å²) in [5.41, 5.74) is -0.661. The number of nitrogens with zero attached hydrogens (tertiary/aromatic N) is 2. The van der Waals surface area contributed by atoms with Crippen LogP contribution in [0, 0.1) is 10.1 Å². The molecule has 0 spiro atoms. The monoisotopic (exact) mass is 468 g/mol. The van der Waals surface area contributed by atoms with Gasteiger partial charge in [-0.25, -0.2) is 0 Å². The summed E-state index contributed by atoms with van der Waals surface area (Å²) in [5.74, 6) is 0.0835. The van der Waals surface area contributed by atoms with Gasteiger partial charge < -0.3 is 23.8 Å². The molecule has 0 aliphatic heterocycles. The van der Waals surface area contributed by atoms with Crippen LogP contribution in [0.4, 0.5) is 5.69 Å². The standard InChI is InChI=1S/C19H21BrN2O7/c1-21(9-10-29-13-7-5-12(20)6-8-13)19(23)14-11-15(26-2)17(27-3)18(28-4)16(14)22(24)25/h5-8,11H,9-10H2,1-4H3. The Labute approximate surface area is 176 Å². The molecular formula is C19H21BrN2O7. The van der Waals surface area contributed by atoms with Gasteiger partial charge in [-0.1, -0.05) is 15.9 Å². The second-order valence-corrected chi connectivity index (χ2v) is 6.74. The smallest absolute Gasteiger partial charge is 0.327 e. The minimum Gasteiger partial charge on any atom is -0.493 e. The zero-order valence-corrected chi connectivity index (χ0v) is 18.0. The van der Waals surface area contributed by atoms with Crippen molar-refractivity contribution >= 4 is 27.5 Å². The highest BCUT2D eigenvalue weighted by molar-refractivity contribution is 9.10. The highest BCUT2D eigenvalue weighted by Crippen LogP contribution is 2.46. The van der Waals surface area contributed by atoms with Gasteiger partial charge in [-0.3, -0.25) is 14.9 Å². The number of carbonyl (C=O) groups excluding carboxylic acids is 1. The first-order valence-corrected chi connectivity index (χ1v) is 9.24. The molecular weight excluding hydrogens is 448 g/mol. The van der Waals surface area contributed by atoms with Crippen molar-refractivity contribution < 1.29 is 28.7 Å². The number of likely N-dealkylation sites (N-methyl/N-ethyl adjacent to an activating group) is 1. The van der Waals surface area contributed by atoms with E-state index in [0.717, 1.165) is 4.47 Å². The van der Waals surface area contributed by atoms with E-state index in [9.17, 15) is 14.9 Å². The third-order valence-corrected chi connectivity index (χ3v) is 4.60. The van der Waals surface area contributed by atoms with Crippen LogP contribution in [0.1, 0.15) is 10.4 Å². The molecule has 156 valence electrons. The van der Waals surface area contributed by atoms with E-state index in [1.807, 2.05) is 12.1 Å². The minimum absolute atomic E-state index is 0.0412. The number of benzene rings is 2. The Bertz CT molecular complexity index is 887. The average molecular weight is 469 g/mol. The Morgan fingerprint density at radius 3 is 2.24 bits per heavy atom. The van der Waals surface area contributed by atoms with Gasteiger partial charge in [0.25, 0.3) is 5.91 Å². The van der Waals surface area contributed by atoms with Gasteiger partial charge in [-0.15, -0.1) is 0 Å². The summed E-state index contributed by atoms with van der Waals surface area (Å²) in [7, 11) is 5.48. The predicted molar refractivity (Wildman–Crippen MR) is 109 cm³/mol. The van der Waals surface area contributed by atoms with Crippen molar-refractivity contribution in [2.45, 2.75) is 0 Å². The van der Waals surface area contributed by atoms with E-state index >= 15 is 0 Å². The number of hydrogen-bond donors (Lipinski definition) is 0. The molecule has 1 amide bonds. The zero-order chi connectivity index (χ0) is 21.6. The van der Waals surface area contributed by atoms with Crippen LogP contribution in [0.2, 0.25) is 0 Å². The van der Waals surface area contributed by atoms with Crippen LogP contribution in [0.3, 0.4) is 0 Å². The lowest BCUT2D eigenvalue weighted by Gasteiger charge is -2.19. The first-order valence-electron chi connectivity index (χ1n) is 8.45. The maximum atomic E-state index is 12.9. The second-order valence-electron chi connectivity index (χ2n) is 5.83. The minimum atomic E-state index is -0.680. The summed E-state index contributed by atoms with van der Waals surface area (Å²) in [6.45, 7) is 0.421. The summed E-state index contributed by atoms with van der Waals surface area (Å²) in [5, 5.41) is 11.7. The van der Waals surface area contributed by atoms with Crippen LogP contribution in [-0.2, 0) is 0 Å². The molecule has 0 unspecified atom stereocenters. The molecule has 29 heavy (non-hydrogen) atoms. The van der Waals surface area contributed by atoms with Gasteiger partial charge in [0, 0.05) is 17.6 Å². The number of amides is 1. The van der Waals surface area contributed by atoms with E-state index in [2.05, 4.69) is 15.9 Å². The average Bonchev–Trinajstić information content (AvgIpc) is 2.72. The number of hydrogen-bond acceptors (Lipinski definition) is 7. The molecule has 0 saturated heterocycles. The summed E-state index contributed by atoms with van der Waals surface area (Å²) >= 11 is 3.34. The van der Waals surface area contributed by atoms with E-state index in [4.69, 9.17) is 18.9 Å². The quantitative estimate of drug-likeness (QED) is 0.409. The lowest BCUT2D eigenvalue weighted by Crippen LogP contribution is -2.31. The number of rotatable bonds is 9. The van der Waals surface area contributed by atoms with Crippen molar-refractivity contribution in [1.82, 2.24) is 4.90 Å². The number of carbonyl (C=O) groups is 1. The van der Waals surface area contributed by atoms with Crippen LogP contribution in [0.5, 0.6) is 23.0 Å². The highest BCUT2D eigenvalue weighted by Gasteiger charge is 2.33. The van der Waals surface area contributed by atoms with Crippen molar-refractivity contribution in [1.29, 1.82) is 0 Å². The molecule has 0 aromatic heterocycles. The summed E-state index contributed by atoms with van der Waals surface area (Å²) in [4.78, 5) is 25.2. The topological polar surface area (TPSA) is 100 Å². The summed E-state index contributed by atoms with van der Waals surface area (Å²) < 4.78 is 22.0. The molecule has 0 atom stereocenters. The molecule has 0 aliphatic carbocycles. The van der Waals surface area contributed by atoms with E-state index in [1.165, 1.54) is 39.3 Å². The maximum absolute atomic E-state index is 12.9. The summed E-state index contributed by atoms with van der Waals surface area (Å²) in [6.07, 6.45) is 0. The fraction of sp³-hybridized carbons (Fsp3) is 0.316. The maximum Gasteiger partial charge on any atom is 0.327 e. The molecule has 0 saturated carbocycles. The molecule has 9 nitrogen and oxygen atoms in total. The number of methoxy groups -OCH3 is 3. The van der Waals surface area contributed by atoms with Crippen LogP contribution in [0.15, 0.2) is 34.8 Å². The molecule has 2 rings (SSSR count). The summed E-state index contributed by atoms with van der Waals surface area (Å²) in [6, 6.07) is 8.52. The van der Waals surface area contributed by atoms with Gasteiger partial charge in [0.2, 0.25) is 11.5 Å². The number of ether oxygens (including phenoxy) is 4. The van der Waals surface area contributed by atoms with E-state index < -0.39 is 16.5 Å². The largest absolute Gasteiger partial charge is 0.493 e. The first kappa shape index (κ1) is 22.3. The molecule has 0 N–H and O–H groups in total. The third-order valence-electron chi connectivity index (χ3n) is 4.07. The molecule has 0 aliphatic rings. The number of halogens is 1. The highest BCUT2D eigenvalue weighted by atomic mass is 79.9. The molecule has 0 radical (unpaired) electrons. The fourth-order valence-corrected chi connectivity index (χ4v) is 2.89. The van der Waals surface area contributed by atoms with Crippen LogP contribution >= 0.6 is 15.9 Å². The van der Waals surface area contributed by atoms with Crippen molar-refractivity contribution in [2.24, 2.45) is 0 Å². The predicted octanol–water partition coefficient (Wildman–Crippen LogP) is 3.53. The van der Waals surface area contributed by atoms with Crippen LogP contribution in [-0.4, -0.2) is 57.3 Å². The number of nitro groups is 1. The molecule has 2 aromatic rings. The van der Waals surface area contributed by atoms with Crippen molar-refractivity contribution in [3.8, 4) is 23.0 Å². The van der Waals surface area contributed by atoms with Gasteiger partial charge in [0.05, 0.1) is 32.8 Å². The lowest BCUT2D eigenvalue weighted by atomic mass is 10.1. The molecule has 0 heterocycles. The third kappa shape index (κ3) is 5.08. The van der Waals surface area contributed by atoms with Gasteiger partial charge in [0.15, 0.2) is 5.75 Å². The zero-order valence-electron chi connectivity index (χ0n) is 16.4. The molecule has 10 heteroatoms. The Kier molecular flexibility index (Phi) is 7.66. The van der Waals surface area contributed by atoms with Crippen molar-refractivity contribution in [3.63, 3.8) is 0 Å². The van der Waals surface area contributed by atoms with Crippen molar-refractivity contribution in [2.75, 3.05) is 41.5 Å². The van der Waals surface area contributed by atoms with Gasteiger partial charge in [0.1, 0.15) is 17.9 Å². The Morgan fingerprint density at radius 1 is 1.10 bits per heavy atom. The van der Waals surface area contributed by atoms with Crippen LogP contribution < -0.4 is 18.9 Å². The Balaban J connectivity index is 2.25. The second kappa shape index (κ2) is 9.97. The SMILES string of the molecule is COc1cc(C(=O)N(C)CCOc2ccc(Br)cc2)c([N+](=O)[O-])c(OC)c1OC. The molecule has 0 bridgehead atoms. The Morgan fingerprint density at radius 2 is 1.72 bits per heavy atom. The van der Waals surface area contributed by atoms with E-state index in [1.54, 1.807) is 12.1 Å². The number of nitro benzene ring substituents is 1. The van der Waals surface area contributed by atoms with Gasteiger partial charge >= 0.3 is 5.69 Å². The van der Waals surface area contributed by atoms with Gasteiger partial charge in [-0.05, 0) is 24.3 Å². The first-order chi connectivity index (χ1) is 13.8. The van der Waals surface area contributed by atoms with Crippen molar-refractivity contribution in [3.05, 3.63) is 50.5 Å². The Hall–Kier alpha value is -3.01. The molecule has 0 fully saturated rings. The van der Waals surface area contributed by atoms with E-state index in [-0.39, 0.29) is 36.0 Å². The van der Waals surface area contributed by atoms with E-state index in [0.29, 0.717) is 5.75 Å². The van der Waals surface area contributed by atoms with Crippen LogP contribution in [0.25, 0.3) is 0 Å².